The molecule has 1 aliphatic carbocycles. The number of hydrogen-bond acceptors (Lipinski definition) is 4. The normalized spacial score (nSPS) is 14.3. The van der Waals surface area contributed by atoms with Crippen LogP contribution < -0.4 is 9.62 Å². The maximum absolute atomic E-state index is 14.5. The molecule has 252 valence electrons. The Morgan fingerprint density at radius 1 is 0.812 bits per heavy atom. The topological polar surface area (TPSA) is 86.8 Å². The lowest BCUT2D eigenvalue weighted by Crippen LogP contribution is -2.54. The van der Waals surface area contributed by atoms with E-state index < -0.39 is 52.0 Å². The molecule has 4 aromatic carbocycles. The Labute approximate surface area is 277 Å². The molecule has 1 saturated carbocycles. The Balaban J connectivity index is 1.59. The SMILES string of the molecule is O=C(NC1CCCC1)[C@@H](Cc1ccccc1)N(Cc1ccc(F)cc1)C(=O)CN(c1cccc(C(F)(F)F)c1)S(=O)(=O)c1ccccc1. The zero-order valence-electron chi connectivity index (χ0n) is 25.9. The van der Waals surface area contributed by atoms with Crippen molar-refractivity contribution in [1.29, 1.82) is 0 Å². The summed E-state index contributed by atoms with van der Waals surface area (Å²) in [5, 5.41) is 3.04. The van der Waals surface area contributed by atoms with Crippen LogP contribution in [0.2, 0.25) is 0 Å². The highest BCUT2D eigenvalue weighted by molar-refractivity contribution is 7.92. The molecule has 0 spiro atoms. The molecule has 4 aromatic rings. The molecule has 0 radical (unpaired) electrons. The number of halogens is 4. The average molecular weight is 682 g/mol. The van der Waals surface area contributed by atoms with Crippen molar-refractivity contribution >= 4 is 27.5 Å². The number of anilines is 1. The summed E-state index contributed by atoms with van der Waals surface area (Å²) in [6, 6.07) is 23.9. The molecule has 0 unspecified atom stereocenters. The van der Waals surface area contributed by atoms with Crippen LogP contribution in [0, 0.1) is 5.82 Å². The molecule has 1 atom stereocenters. The molecular formula is C36H35F4N3O4S. The van der Waals surface area contributed by atoms with Crippen LogP contribution in [0.15, 0.2) is 114 Å². The van der Waals surface area contributed by atoms with Crippen molar-refractivity contribution in [2.45, 2.75) is 61.8 Å². The first-order valence-electron chi connectivity index (χ1n) is 15.5. The minimum atomic E-state index is -4.78. The van der Waals surface area contributed by atoms with Gasteiger partial charge in [0.15, 0.2) is 0 Å². The molecule has 1 fully saturated rings. The second-order valence-corrected chi connectivity index (χ2v) is 13.6. The average Bonchev–Trinajstić information content (AvgIpc) is 3.59. The van der Waals surface area contributed by atoms with Crippen molar-refractivity contribution in [3.63, 3.8) is 0 Å². The van der Waals surface area contributed by atoms with E-state index in [1.807, 2.05) is 0 Å². The van der Waals surface area contributed by atoms with E-state index in [1.165, 1.54) is 59.5 Å². The molecule has 0 heterocycles. The minimum absolute atomic E-state index is 0.0708. The molecular weight excluding hydrogens is 646 g/mol. The van der Waals surface area contributed by atoms with E-state index >= 15 is 0 Å². The Hall–Kier alpha value is -4.71. The van der Waals surface area contributed by atoms with Gasteiger partial charge in [-0.2, -0.15) is 13.2 Å². The Kier molecular flexibility index (Phi) is 10.8. The Bertz CT molecular complexity index is 1800. The van der Waals surface area contributed by atoms with Gasteiger partial charge < -0.3 is 10.2 Å². The van der Waals surface area contributed by atoms with Gasteiger partial charge in [-0.05, 0) is 66.4 Å². The fourth-order valence-electron chi connectivity index (χ4n) is 5.79. The zero-order chi connectivity index (χ0) is 34.3. The number of alkyl halides is 3. The lowest BCUT2D eigenvalue weighted by molar-refractivity contribution is -0.140. The van der Waals surface area contributed by atoms with Gasteiger partial charge in [-0.1, -0.05) is 79.6 Å². The molecule has 12 heteroatoms. The van der Waals surface area contributed by atoms with Gasteiger partial charge in [0.05, 0.1) is 16.1 Å². The van der Waals surface area contributed by atoms with Crippen LogP contribution in [0.4, 0.5) is 23.2 Å². The van der Waals surface area contributed by atoms with E-state index in [0.717, 1.165) is 43.4 Å². The van der Waals surface area contributed by atoms with Gasteiger partial charge in [-0.25, -0.2) is 12.8 Å². The summed E-state index contributed by atoms with van der Waals surface area (Å²) in [4.78, 5) is 29.5. The number of benzene rings is 4. The highest BCUT2D eigenvalue weighted by Crippen LogP contribution is 2.33. The maximum Gasteiger partial charge on any atom is 0.416 e. The number of carbonyl (C=O) groups is 2. The summed E-state index contributed by atoms with van der Waals surface area (Å²) in [5.41, 5.74) is -0.277. The van der Waals surface area contributed by atoms with Crippen LogP contribution in [0.5, 0.6) is 0 Å². The van der Waals surface area contributed by atoms with E-state index in [-0.39, 0.29) is 29.6 Å². The van der Waals surface area contributed by atoms with E-state index in [4.69, 9.17) is 0 Å². The Morgan fingerprint density at radius 2 is 1.44 bits per heavy atom. The first-order chi connectivity index (χ1) is 22.9. The minimum Gasteiger partial charge on any atom is -0.352 e. The second kappa shape index (κ2) is 15.0. The lowest BCUT2D eigenvalue weighted by atomic mass is 10.0. The van der Waals surface area contributed by atoms with Crippen LogP contribution in [0.25, 0.3) is 0 Å². The first-order valence-corrected chi connectivity index (χ1v) is 17.0. The van der Waals surface area contributed by atoms with Crippen molar-refractivity contribution in [2.24, 2.45) is 0 Å². The number of amides is 2. The third-order valence-electron chi connectivity index (χ3n) is 8.31. The predicted octanol–water partition coefficient (Wildman–Crippen LogP) is 6.74. The number of nitrogens with zero attached hydrogens (tertiary/aromatic N) is 2. The fraction of sp³-hybridized carbons (Fsp3) is 0.278. The van der Waals surface area contributed by atoms with Crippen LogP contribution in [-0.4, -0.2) is 43.8 Å². The molecule has 2 amide bonds. The predicted molar refractivity (Wildman–Crippen MR) is 174 cm³/mol. The smallest absolute Gasteiger partial charge is 0.352 e. The molecule has 0 saturated heterocycles. The van der Waals surface area contributed by atoms with E-state index in [9.17, 15) is 35.6 Å². The monoisotopic (exact) mass is 681 g/mol. The van der Waals surface area contributed by atoms with Gasteiger partial charge in [0.1, 0.15) is 18.4 Å². The molecule has 0 aromatic heterocycles. The van der Waals surface area contributed by atoms with Crippen molar-refractivity contribution in [2.75, 3.05) is 10.8 Å². The fourth-order valence-corrected chi connectivity index (χ4v) is 7.22. The quantitative estimate of drug-likeness (QED) is 0.168. The third-order valence-corrected chi connectivity index (χ3v) is 10.1. The van der Waals surface area contributed by atoms with E-state index in [2.05, 4.69) is 5.32 Å². The standard InChI is InChI=1S/C36H35F4N3O4S/c37-29-20-18-27(19-21-29)24-42(33(22-26-10-3-1-4-11-26)35(45)41-30-13-7-8-14-30)34(44)25-43(48(46,47)32-16-5-2-6-17-32)31-15-9-12-28(23-31)36(38,39)40/h1-6,9-12,15-21,23,30,33H,7-8,13-14,22,24-25H2,(H,41,45)/t33-/m1/s1. The van der Waals surface area contributed by atoms with Gasteiger partial charge in [0, 0.05) is 19.0 Å². The van der Waals surface area contributed by atoms with Crippen LogP contribution >= 0.6 is 0 Å². The van der Waals surface area contributed by atoms with Crippen molar-refractivity contribution < 1.29 is 35.6 Å². The van der Waals surface area contributed by atoms with E-state index in [1.54, 1.807) is 36.4 Å². The number of nitrogens with one attached hydrogen (secondary N) is 1. The molecule has 0 aliphatic heterocycles. The summed E-state index contributed by atoms with van der Waals surface area (Å²) in [6.07, 6.45) is -1.29. The van der Waals surface area contributed by atoms with Gasteiger partial charge in [-0.15, -0.1) is 0 Å². The molecule has 5 rings (SSSR count). The lowest BCUT2D eigenvalue weighted by Gasteiger charge is -2.34. The van der Waals surface area contributed by atoms with E-state index in [0.29, 0.717) is 15.9 Å². The van der Waals surface area contributed by atoms with Crippen LogP contribution in [0.3, 0.4) is 0 Å². The molecule has 7 nitrogen and oxygen atoms in total. The van der Waals surface area contributed by atoms with Crippen molar-refractivity contribution in [3.05, 3.63) is 132 Å². The summed E-state index contributed by atoms with van der Waals surface area (Å²) < 4.78 is 83.8. The molecule has 0 bridgehead atoms. The highest BCUT2D eigenvalue weighted by atomic mass is 32.2. The second-order valence-electron chi connectivity index (χ2n) is 11.7. The highest BCUT2D eigenvalue weighted by Gasteiger charge is 2.37. The molecule has 1 N–H and O–H groups in total. The summed E-state index contributed by atoms with van der Waals surface area (Å²) >= 11 is 0. The third kappa shape index (κ3) is 8.60. The zero-order valence-corrected chi connectivity index (χ0v) is 26.8. The van der Waals surface area contributed by atoms with Crippen molar-refractivity contribution in [3.8, 4) is 0 Å². The van der Waals surface area contributed by atoms with Gasteiger partial charge in [-0.3, -0.25) is 13.9 Å². The van der Waals surface area contributed by atoms with Crippen LogP contribution in [-0.2, 0) is 38.8 Å². The summed E-state index contributed by atoms with van der Waals surface area (Å²) in [5.74, 6) is -1.79. The van der Waals surface area contributed by atoms with Crippen LogP contribution in [0.1, 0.15) is 42.4 Å². The number of sulfonamides is 1. The number of rotatable bonds is 12. The number of carbonyl (C=O) groups excluding carboxylic acids is 2. The summed E-state index contributed by atoms with van der Waals surface area (Å²) in [6.45, 7) is -1.11. The number of hydrogen-bond donors (Lipinski definition) is 1. The van der Waals surface area contributed by atoms with Gasteiger partial charge in [0.2, 0.25) is 11.8 Å². The molecule has 1 aliphatic rings. The maximum atomic E-state index is 14.5. The largest absolute Gasteiger partial charge is 0.416 e. The first kappa shape index (κ1) is 34.6. The van der Waals surface area contributed by atoms with Gasteiger partial charge in [0.25, 0.3) is 10.0 Å². The Morgan fingerprint density at radius 3 is 2.06 bits per heavy atom. The van der Waals surface area contributed by atoms with Crippen molar-refractivity contribution in [1.82, 2.24) is 10.2 Å². The molecule has 48 heavy (non-hydrogen) atoms. The summed E-state index contributed by atoms with van der Waals surface area (Å²) in [7, 11) is -4.58. The van der Waals surface area contributed by atoms with Gasteiger partial charge >= 0.3 is 6.18 Å².